The van der Waals surface area contributed by atoms with Crippen LogP contribution in [0.4, 0.5) is 0 Å². The summed E-state index contributed by atoms with van der Waals surface area (Å²) in [5.74, 6) is -0.0624. The maximum absolute atomic E-state index is 11.9. The maximum atomic E-state index is 11.9. The van der Waals surface area contributed by atoms with Crippen molar-refractivity contribution >= 4 is 5.91 Å². The molecule has 1 heterocycles. The van der Waals surface area contributed by atoms with E-state index in [0.717, 1.165) is 12.1 Å². The minimum absolute atomic E-state index is 0.0624. The summed E-state index contributed by atoms with van der Waals surface area (Å²) in [4.78, 5) is 11.9. The molecule has 0 radical (unpaired) electrons. The molecule has 1 amide bonds. The highest BCUT2D eigenvalue weighted by Crippen LogP contribution is 2.08. The molecular formula is C12H15N5O. The van der Waals surface area contributed by atoms with Gasteiger partial charge in [-0.1, -0.05) is 6.92 Å². The number of carbonyl (C=O) groups excluding carboxylic acids is 1. The van der Waals surface area contributed by atoms with Gasteiger partial charge in [0.25, 0.3) is 5.91 Å². The smallest absolute Gasteiger partial charge is 0.251 e. The van der Waals surface area contributed by atoms with Gasteiger partial charge >= 0.3 is 0 Å². The fraction of sp³-hybridized carbons (Fsp3) is 0.333. The SMILES string of the molecule is CC[C@H](C)NC(=O)c1ccc(-n2cnnn2)cc1. The number of hydrogen-bond acceptors (Lipinski definition) is 4. The highest BCUT2D eigenvalue weighted by atomic mass is 16.1. The lowest BCUT2D eigenvalue weighted by molar-refractivity contribution is 0.0939. The molecule has 0 saturated heterocycles. The zero-order valence-corrected chi connectivity index (χ0v) is 10.4. The summed E-state index contributed by atoms with van der Waals surface area (Å²) in [5.41, 5.74) is 1.45. The lowest BCUT2D eigenvalue weighted by Crippen LogP contribution is -2.31. The minimum atomic E-state index is -0.0624. The second-order valence-corrected chi connectivity index (χ2v) is 4.08. The van der Waals surface area contributed by atoms with Gasteiger partial charge in [-0.15, -0.1) is 5.10 Å². The highest BCUT2D eigenvalue weighted by Gasteiger charge is 2.08. The second-order valence-electron chi connectivity index (χ2n) is 4.08. The van der Waals surface area contributed by atoms with Crippen LogP contribution in [0.3, 0.4) is 0 Å². The van der Waals surface area contributed by atoms with E-state index in [2.05, 4.69) is 20.8 Å². The average Bonchev–Trinajstić information content (AvgIpc) is 2.92. The first-order valence-corrected chi connectivity index (χ1v) is 5.85. The van der Waals surface area contributed by atoms with Crippen LogP contribution in [0.1, 0.15) is 30.6 Å². The third-order valence-corrected chi connectivity index (χ3v) is 2.73. The Hall–Kier alpha value is -2.24. The van der Waals surface area contributed by atoms with Crippen LogP contribution in [-0.4, -0.2) is 32.2 Å². The first-order chi connectivity index (χ1) is 8.70. The zero-order valence-electron chi connectivity index (χ0n) is 10.4. The first-order valence-electron chi connectivity index (χ1n) is 5.85. The van der Waals surface area contributed by atoms with Gasteiger partial charge in [-0.25, -0.2) is 4.68 Å². The Bertz CT molecular complexity index is 506. The van der Waals surface area contributed by atoms with Crippen molar-refractivity contribution in [2.75, 3.05) is 0 Å². The summed E-state index contributed by atoms with van der Waals surface area (Å²) in [6, 6.07) is 7.31. The Kier molecular flexibility index (Phi) is 3.66. The van der Waals surface area contributed by atoms with E-state index in [1.165, 1.54) is 11.0 Å². The number of rotatable bonds is 4. The predicted molar refractivity (Wildman–Crippen MR) is 66.4 cm³/mol. The Labute approximate surface area is 105 Å². The Morgan fingerprint density at radius 1 is 1.39 bits per heavy atom. The van der Waals surface area contributed by atoms with Gasteiger partial charge in [0.1, 0.15) is 6.33 Å². The lowest BCUT2D eigenvalue weighted by atomic mass is 10.1. The van der Waals surface area contributed by atoms with Gasteiger partial charge in [0, 0.05) is 11.6 Å². The van der Waals surface area contributed by atoms with Crippen LogP contribution < -0.4 is 5.32 Å². The Balaban J connectivity index is 2.10. The van der Waals surface area contributed by atoms with Crippen LogP contribution in [0, 0.1) is 0 Å². The molecule has 1 atom stereocenters. The summed E-state index contributed by atoms with van der Waals surface area (Å²) < 4.78 is 1.54. The van der Waals surface area contributed by atoms with E-state index in [4.69, 9.17) is 0 Å². The van der Waals surface area contributed by atoms with E-state index in [0.29, 0.717) is 5.56 Å². The van der Waals surface area contributed by atoms with E-state index in [1.54, 1.807) is 12.1 Å². The molecule has 2 rings (SSSR count). The van der Waals surface area contributed by atoms with Crippen molar-refractivity contribution in [2.24, 2.45) is 0 Å². The molecule has 1 aromatic carbocycles. The molecule has 6 nitrogen and oxygen atoms in total. The molecule has 18 heavy (non-hydrogen) atoms. The third-order valence-electron chi connectivity index (χ3n) is 2.73. The molecule has 0 spiro atoms. The van der Waals surface area contributed by atoms with E-state index in [1.807, 2.05) is 26.0 Å². The number of nitrogens with one attached hydrogen (secondary N) is 1. The van der Waals surface area contributed by atoms with Gasteiger partial charge in [0.2, 0.25) is 0 Å². The Morgan fingerprint density at radius 3 is 2.67 bits per heavy atom. The number of tetrazole rings is 1. The number of benzene rings is 1. The lowest BCUT2D eigenvalue weighted by Gasteiger charge is -2.11. The molecule has 0 saturated carbocycles. The molecule has 0 fully saturated rings. The van der Waals surface area contributed by atoms with E-state index >= 15 is 0 Å². The average molecular weight is 245 g/mol. The van der Waals surface area contributed by atoms with Crippen LogP contribution in [-0.2, 0) is 0 Å². The number of nitrogens with zero attached hydrogens (tertiary/aromatic N) is 4. The van der Waals surface area contributed by atoms with Gasteiger partial charge in [0.05, 0.1) is 5.69 Å². The van der Waals surface area contributed by atoms with Crippen LogP contribution in [0.5, 0.6) is 0 Å². The second kappa shape index (κ2) is 5.39. The van der Waals surface area contributed by atoms with Gasteiger partial charge < -0.3 is 5.32 Å². The van der Waals surface area contributed by atoms with E-state index in [-0.39, 0.29) is 11.9 Å². The van der Waals surface area contributed by atoms with Crippen molar-refractivity contribution in [1.29, 1.82) is 0 Å². The van der Waals surface area contributed by atoms with Gasteiger partial charge in [0.15, 0.2) is 0 Å². The zero-order chi connectivity index (χ0) is 13.0. The summed E-state index contributed by atoms with van der Waals surface area (Å²) in [6.45, 7) is 4.01. The monoisotopic (exact) mass is 245 g/mol. The molecule has 94 valence electrons. The van der Waals surface area contributed by atoms with Crippen molar-refractivity contribution < 1.29 is 4.79 Å². The molecule has 1 aromatic heterocycles. The van der Waals surface area contributed by atoms with Gasteiger partial charge in [-0.2, -0.15) is 0 Å². The molecule has 0 unspecified atom stereocenters. The molecular weight excluding hydrogens is 230 g/mol. The molecule has 2 aromatic rings. The molecule has 0 aliphatic heterocycles. The Morgan fingerprint density at radius 2 is 2.11 bits per heavy atom. The summed E-state index contributed by atoms with van der Waals surface area (Å²) in [7, 11) is 0. The summed E-state index contributed by atoms with van der Waals surface area (Å²) in [6.07, 6.45) is 2.42. The number of hydrogen-bond donors (Lipinski definition) is 1. The minimum Gasteiger partial charge on any atom is -0.350 e. The number of aromatic nitrogens is 4. The normalized spacial score (nSPS) is 12.1. The topological polar surface area (TPSA) is 72.7 Å². The van der Waals surface area contributed by atoms with Crippen molar-refractivity contribution in [1.82, 2.24) is 25.5 Å². The largest absolute Gasteiger partial charge is 0.350 e. The molecule has 0 aliphatic rings. The van der Waals surface area contributed by atoms with Crippen molar-refractivity contribution in [3.63, 3.8) is 0 Å². The number of carbonyl (C=O) groups is 1. The van der Waals surface area contributed by atoms with Gasteiger partial charge in [-0.3, -0.25) is 4.79 Å². The molecule has 0 aliphatic carbocycles. The van der Waals surface area contributed by atoms with Crippen molar-refractivity contribution in [2.45, 2.75) is 26.3 Å². The highest BCUT2D eigenvalue weighted by molar-refractivity contribution is 5.94. The van der Waals surface area contributed by atoms with Crippen LogP contribution in [0.2, 0.25) is 0 Å². The summed E-state index contributed by atoms with van der Waals surface area (Å²) in [5, 5.41) is 13.8. The molecule has 6 heteroatoms. The summed E-state index contributed by atoms with van der Waals surface area (Å²) >= 11 is 0. The molecule has 0 bridgehead atoms. The fourth-order valence-electron chi connectivity index (χ4n) is 1.45. The van der Waals surface area contributed by atoms with Crippen LogP contribution in [0.25, 0.3) is 5.69 Å². The van der Waals surface area contributed by atoms with Crippen molar-refractivity contribution in [3.8, 4) is 5.69 Å². The van der Waals surface area contributed by atoms with Gasteiger partial charge in [-0.05, 0) is 48.0 Å². The third kappa shape index (κ3) is 2.71. The standard InChI is InChI=1S/C12H15N5O/c1-3-9(2)14-12(18)10-4-6-11(7-5-10)17-8-13-15-16-17/h4-9H,3H2,1-2H3,(H,14,18)/t9-/m0/s1. The van der Waals surface area contributed by atoms with E-state index in [9.17, 15) is 4.79 Å². The quantitative estimate of drug-likeness (QED) is 0.878. The van der Waals surface area contributed by atoms with Crippen molar-refractivity contribution in [3.05, 3.63) is 36.2 Å². The fourth-order valence-corrected chi connectivity index (χ4v) is 1.45. The first kappa shape index (κ1) is 12.2. The maximum Gasteiger partial charge on any atom is 0.251 e. The van der Waals surface area contributed by atoms with E-state index < -0.39 is 0 Å². The van der Waals surface area contributed by atoms with Crippen LogP contribution in [0.15, 0.2) is 30.6 Å². The molecule has 1 N–H and O–H groups in total. The predicted octanol–water partition coefficient (Wildman–Crippen LogP) is 1.19. The van der Waals surface area contributed by atoms with Crippen LogP contribution >= 0.6 is 0 Å². The number of amides is 1.